The zero-order chi connectivity index (χ0) is 20.3. The van der Waals surface area contributed by atoms with Crippen LogP contribution in [0.15, 0.2) is 53.4 Å². The highest BCUT2D eigenvalue weighted by atomic mass is 32.3. The van der Waals surface area contributed by atoms with Crippen molar-refractivity contribution >= 4 is 10.4 Å². The number of rotatable bonds is 6. The third-order valence-electron chi connectivity index (χ3n) is 5.16. The van der Waals surface area contributed by atoms with E-state index in [4.69, 9.17) is 5.26 Å². The first-order chi connectivity index (χ1) is 13.3. The van der Waals surface area contributed by atoms with Crippen LogP contribution in [0.2, 0.25) is 0 Å². The summed E-state index contributed by atoms with van der Waals surface area (Å²) in [6, 6.07) is 16.6. The van der Waals surface area contributed by atoms with Gasteiger partial charge in [-0.05, 0) is 72.1 Å². The minimum Gasteiger partial charge on any atom is -0.392 e. The van der Waals surface area contributed by atoms with Crippen molar-refractivity contribution in [2.24, 2.45) is 0 Å². The van der Waals surface area contributed by atoms with Crippen LogP contribution in [0.25, 0.3) is 11.1 Å². The van der Waals surface area contributed by atoms with Gasteiger partial charge in [0, 0.05) is 19.1 Å². The molecule has 2 N–H and O–H groups in total. The van der Waals surface area contributed by atoms with Crippen LogP contribution < -0.4 is 0 Å². The normalized spacial score (nSPS) is 20.6. The van der Waals surface area contributed by atoms with Crippen molar-refractivity contribution < 1.29 is 13.9 Å². The molecule has 1 unspecified atom stereocenters. The van der Waals surface area contributed by atoms with Gasteiger partial charge in [-0.2, -0.15) is 9.81 Å². The number of hydrogen-bond donors (Lipinski definition) is 2. The topological polar surface area (TPSA) is 87.8 Å². The predicted molar refractivity (Wildman–Crippen MR) is 110 cm³/mol. The van der Waals surface area contributed by atoms with Gasteiger partial charge in [-0.25, -0.2) is 0 Å². The van der Waals surface area contributed by atoms with Gasteiger partial charge in [-0.3, -0.25) is 4.90 Å². The van der Waals surface area contributed by atoms with E-state index in [2.05, 4.69) is 6.07 Å². The average Bonchev–Trinajstić information content (AvgIpc) is 3.19. The predicted octanol–water partition coefficient (Wildman–Crippen LogP) is 2.86. The molecule has 0 aliphatic carbocycles. The molecule has 0 spiro atoms. The van der Waals surface area contributed by atoms with Crippen LogP contribution in [0, 0.1) is 11.3 Å². The number of hydrogen-bond acceptors (Lipinski definition) is 4. The van der Waals surface area contributed by atoms with Gasteiger partial charge >= 0.3 is 10.4 Å². The van der Waals surface area contributed by atoms with Gasteiger partial charge in [0.2, 0.25) is 4.90 Å². The minimum absolute atomic E-state index is 0.153. The molecule has 0 radical (unpaired) electrons. The minimum atomic E-state index is -3.29. The molecule has 3 atom stereocenters. The number of benzene rings is 2. The fourth-order valence-electron chi connectivity index (χ4n) is 3.57. The van der Waals surface area contributed by atoms with E-state index in [0.717, 1.165) is 17.5 Å². The van der Waals surface area contributed by atoms with E-state index in [9.17, 15) is 13.9 Å². The second-order valence-corrected chi connectivity index (χ2v) is 9.31. The second-order valence-electron chi connectivity index (χ2n) is 7.33. The standard InChI is InChI=1S/C21H25N3O3S/c1-16(25)14-23(2)20-11-12-24(15-20)28(26,27)21-9-7-19(8-10-21)18-5-3-17(13-22)4-6-18/h3-10,16,20,25H,11-12,14-15H2,1-2H3/p+1/t16-,20-/m1/s1. The molecule has 28 heavy (non-hydrogen) atoms. The lowest BCUT2D eigenvalue weighted by Crippen LogP contribution is -2.41. The Kier molecular flexibility index (Phi) is 6.28. The lowest BCUT2D eigenvalue weighted by molar-refractivity contribution is 0.120. The maximum absolute atomic E-state index is 13.1. The van der Waals surface area contributed by atoms with E-state index >= 15 is 0 Å². The van der Waals surface area contributed by atoms with E-state index in [0.29, 0.717) is 30.1 Å². The molecule has 3 rings (SSSR count). The zero-order valence-corrected chi connectivity index (χ0v) is 17.0. The molecule has 0 bridgehead atoms. The molecule has 2 aromatic carbocycles. The Morgan fingerprint density at radius 2 is 1.79 bits per heavy atom. The van der Waals surface area contributed by atoms with Crippen LogP contribution in [-0.4, -0.2) is 57.7 Å². The van der Waals surface area contributed by atoms with Crippen molar-refractivity contribution in [3.63, 3.8) is 0 Å². The molecule has 1 aliphatic rings. The molecular formula is C21H26N3O3S+. The summed E-state index contributed by atoms with van der Waals surface area (Å²) in [5, 5.41) is 18.5. The molecule has 2 aromatic rings. The summed E-state index contributed by atoms with van der Waals surface area (Å²) in [4.78, 5) is 2.44. The van der Waals surface area contributed by atoms with E-state index < -0.39 is 16.5 Å². The van der Waals surface area contributed by atoms with E-state index in [1.807, 2.05) is 36.2 Å². The third-order valence-corrected chi connectivity index (χ3v) is 7.08. The largest absolute Gasteiger partial charge is 0.392 e. The molecule has 6 nitrogen and oxygen atoms in total. The average molecular weight is 401 g/mol. The first-order valence-corrected chi connectivity index (χ1v) is 10.8. The lowest BCUT2D eigenvalue weighted by atomic mass is 10.0. The summed E-state index contributed by atoms with van der Waals surface area (Å²) in [6.45, 7) is 3.33. The Balaban J connectivity index is 1.72. The Labute approximate surface area is 167 Å². The summed E-state index contributed by atoms with van der Waals surface area (Å²) in [7, 11) is -1.36. The first kappa shape index (κ1) is 20.6. The highest BCUT2D eigenvalue weighted by Gasteiger charge is 2.44. The van der Waals surface area contributed by atoms with Crippen molar-refractivity contribution in [2.75, 3.05) is 26.7 Å². The molecule has 0 saturated carbocycles. The molecule has 1 aliphatic heterocycles. The molecule has 1 fully saturated rings. The molecule has 7 heteroatoms. The number of aliphatic hydroxyl groups excluding tert-OH is 1. The maximum Gasteiger partial charge on any atom is 0.325 e. The van der Waals surface area contributed by atoms with Crippen LogP contribution in [0.5, 0.6) is 0 Å². The van der Waals surface area contributed by atoms with Gasteiger partial charge in [-0.1, -0.05) is 16.4 Å². The summed E-state index contributed by atoms with van der Waals surface area (Å²) >= 11 is 0. The van der Waals surface area contributed by atoms with Crippen LogP contribution in [0.3, 0.4) is 0 Å². The first-order valence-electron chi connectivity index (χ1n) is 9.32. The summed E-state index contributed by atoms with van der Waals surface area (Å²) in [5.74, 6) is 0. The SMILES string of the molecule is C[C@@H](O)CN(C)[C@@H]1CCN([S+](=O)(O)c2ccc(-c3ccc(C#N)cc3)cc2)C1. The van der Waals surface area contributed by atoms with E-state index in [1.165, 1.54) is 0 Å². The molecule has 1 heterocycles. The van der Waals surface area contributed by atoms with Gasteiger partial charge in [-0.15, -0.1) is 0 Å². The lowest BCUT2D eigenvalue weighted by Gasteiger charge is -2.25. The van der Waals surface area contributed by atoms with Crippen molar-refractivity contribution in [1.29, 1.82) is 5.26 Å². The molecule has 148 valence electrons. The Bertz CT molecular complexity index is 891. The van der Waals surface area contributed by atoms with Crippen LogP contribution in [0.4, 0.5) is 0 Å². The Morgan fingerprint density at radius 3 is 2.32 bits per heavy atom. The number of likely N-dealkylation sites (N-methyl/N-ethyl adjacent to an activating group) is 1. The fraction of sp³-hybridized carbons (Fsp3) is 0.381. The van der Waals surface area contributed by atoms with Gasteiger partial charge in [0.05, 0.1) is 24.3 Å². The second kappa shape index (κ2) is 8.52. The number of nitriles is 1. The van der Waals surface area contributed by atoms with Crippen molar-refractivity contribution in [3.05, 3.63) is 54.1 Å². The molecule has 0 aromatic heterocycles. The monoisotopic (exact) mass is 400 g/mol. The number of nitrogens with zero attached hydrogens (tertiary/aromatic N) is 3. The van der Waals surface area contributed by atoms with Crippen LogP contribution >= 0.6 is 0 Å². The van der Waals surface area contributed by atoms with Gasteiger partial charge < -0.3 is 5.11 Å². The van der Waals surface area contributed by atoms with Gasteiger partial charge in [0.1, 0.15) is 0 Å². The summed E-state index contributed by atoms with van der Waals surface area (Å²) < 4.78 is 25.5. The van der Waals surface area contributed by atoms with Crippen molar-refractivity contribution in [3.8, 4) is 17.2 Å². The quantitative estimate of drug-likeness (QED) is 0.728. The highest BCUT2D eigenvalue weighted by molar-refractivity contribution is 7.95. The third kappa shape index (κ3) is 4.49. The van der Waals surface area contributed by atoms with Crippen molar-refractivity contribution in [1.82, 2.24) is 9.21 Å². The van der Waals surface area contributed by atoms with E-state index in [1.54, 1.807) is 35.5 Å². The zero-order valence-electron chi connectivity index (χ0n) is 16.2. The van der Waals surface area contributed by atoms with Gasteiger partial charge in [0.25, 0.3) is 0 Å². The highest BCUT2D eigenvalue weighted by Crippen LogP contribution is 2.29. The van der Waals surface area contributed by atoms with Crippen LogP contribution in [-0.2, 0) is 14.6 Å². The van der Waals surface area contributed by atoms with Crippen LogP contribution in [0.1, 0.15) is 18.9 Å². The number of aliphatic hydroxyl groups is 1. The smallest absolute Gasteiger partial charge is 0.325 e. The van der Waals surface area contributed by atoms with Gasteiger partial charge in [0.15, 0.2) is 0 Å². The van der Waals surface area contributed by atoms with Crippen molar-refractivity contribution in [2.45, 2.75) is 30.4 Å². The molecule has 0 amide bonds. The molecular weight excluding hydrogens is 374 g/mol. The maximum atomic E-state index is 13.1. The Hall–Kier alpha value is -2.08. The molecule has 1 saturated heterocycles. The summed E-state index contributed by atoms with van der Waals surface area (Å²) in [5.41, 5.74) is 2.48. The summed E-state index contributed by atoms with van der Waals surface area (Å²) in [6.07, 6.45) is 0.372. The Morgan fingerprint density at radius 1 is 1.21 bits per heavy atom. The van der Waals surface area contributed by atoms with E-state index in [-0.39, 0.29) is 6.04 Å². The fourth-order valence-corrected chi connectivity index (χ4v) is 5.09.